The average Bonchev–Trinajstić information content (AvgIpc) is 2.28. The fourth-order valence-electron chi connectivity index (χ4n) is 1.73. The zero-order chi connectivity index (χ0) is 11.5. The third-order valence-electron chi connectivity index (χ3n) is 2.48. The molecule has 0 saturated heterocycles. The Morgan fingerprint density at radius 3 is 2.25 bits per heavy atom. The number of nitrogen functional groups attached to an aromatic ring is 1. The number of nitrogens with two attached hydrogens (primary N) is 1. The van der Waals surface area contributed by atoms with Gasteiger partial charge in [-0.1, -0.05) is 30.3 Å². The lowest BCUT2D eigenvalue weighted by molar-refractivity contribution is 0.112. The van der Waals surface area contributed by atoms with Gasteiger partial charge in [-0.3, -0.25) is 4.79 Å². The lowest BCUT2D eigenvalue weighted by atomic mass is 10.0. The van der Waals surface area contributed by atoms with Gasteiger partial charge in [0.2, 0.25) is 0 Å². The second-order valence-electron chi connectivity index (χ2n) is 3.87. The van der Waals surface area contributed by atoms with Crippen molar-refractivity contribution in [1.29, 1.82) is 0 Å². The maximum Gasteiger partial charge on any atom is 0.150 e. The van der Waals surface area contributed by atoms with Gasteiger partial charge in [-0.25, -0.2) is 0 Å². The Kier molecular flexibility index (Phi) is 2.73. The van der Waals surface area contributed by atoms with Crippen molar-refractivity contribution < 1.29 is 4.79 Å². The van der Waals surface area contributed by atoms with E-state index in [4.69, 9.17) is 5.73 Å². The number of aldehydes is 1. The first kappa shape index (κ1) is 10.4. The molecule has 2 rings (SSSR count). The molecule has 0 aliphatic carbocycles. The summed E-state index contributed by atoms with van der Waals surface area (Å²) in [4.78, 5) is 10.5. The molecule has 0 aliphatic heterocycles. The molecule has 2 nitrogen and oxygen atoms in total. The van der Waals surface area contributed by atoms with Crippen LogP contribution in [0.3, 0.4) is 0 Å². The third kappa shape index (κ3) is 2.11. The monoisotopic (exact) mass is 211 g/mol. The van der Waals surface area contributed by atoms with Gasteiger partial charge in [0.05, 0.1) is 0 Å². The van der Waals surface area contributed by atoms with Crippen molar-refractivity contribution >= 4 is 12.0 Å². The standard InChI is InChI=1S/C14H13NO/c1-10-6-13(8-14(15)7-10)12-4-2-11(9-16)3-5-12/h2-9H,15H2,1H3. The molecule has 0 fully saturated rings. The lowest BCUT2D eigenvalue weighted by Gasteiger charge is -2.05. The zero-order valence-corrected chi connectivity index (χ0v) is 9.10. The van der Waals surface area contributed by atoms with Gasteiger partial charge in [0.25, 0.3) is 0 Å². The Morgan fingerprint density at radius 1 is 1.00 bits per heavy atom. The Labute approximate surface area is 94.7 Å². The van der Waals surface area contributed by atoms with Gasteiger partial charge in [-0.2, -0.15) is 0 Å². The minimum atomic E-state index is 0.685. The Hall–Kier alpha value is -2.09. The Balaban J connectivity index is 2.45. The minimum absolute atomic E-state index is 0.685. The molecule has 0 aromatic heterocycles. The number of hydrogen-bond donors (Lipinski definition) is 1. The molecule has 0 radical (unpaired) electrons. The molecule has 2 heteroatoms. The van der Waals surface area contributed by atoms with E-state index in [0.717, 1.165) is 28.7 Å². The fraction of sp³-hybridized carbons (Fsp3) is 0.0714. The number of hydrogen-bond acceptors (Lipinski definition) is 2. The van der Waals surface area contributed by atoms with Crippen LogP contribution in [0.5, 0.6) is 0 Å². The average molecular weight is 211 g/mol. The fourth-order valence-corrected chi connectivity index (χ4v) is 1.73. The molecule has 16 heavy (non-hydrogen) atoms. The van der Waals surface area contributed by atoms with E-state index in [2.05, 4.69) is 6.07 Å². The van der Waals surface area contributed by atoms with Crippen molar-refractivity contribution in [2.75, 3.05) is 5.73 Å². The molecular formula is C14H13NO. The van der Waals surface area contributed by atoms with Crippen molar-refractivity contribution in [2.45, 2.75) is 6.92 Å². The van der Waals surface area contributed by atoms with Crippen LogP contribution in [-0.4, -0.2) is 6.29 Å². The van der Waals surface area contributed by atoms with Crippen LogP contribution in [0, 0.1) is 6.92 Å². The minimum Gasteiger partial charge on any atom is -0.399 e. The Bertz CT molecular complexity index is 495. The second kappa shape index (κ2) is 4.19. The molecule has 0 unspecified atom stereocenters. The molecule has 0 saturated carbocycles. The van der Waals surface area contributed by atoms with E-state index in [-0.39, 0.29) is 0 Å². The molecule has 0 spiro atoms. The van der Waals surface area contributed by atoms with Gasteiger partial charge < -0.3 is 5.73 Å². The number of aryl methyl sites for hydroxylation is 1. The van der Waals surface area contributed by atoms with E-state index in [0.29, 0.717) is 5.56 Å². The summed E-state index contributed by atoms with van der Waals surface area (Å²) in [6.07, 6.45) is 0.842. The van der Waals surface area contributed by atoms with Crippen LogP contribution >= 0.6 is 0 Å². The van der Waals surface area contributed by atoms with Crippen molar-refractivity contribution in [3.05, 3.63) is 53.6 Å². The third-order valence-corrected chi connectivity index (χ3v) is 2.48. The predicted octanol–water partition coefficient (Wildman–Crippen LogP) is 3.06. The van der Waals surface area contributed by atoms with Gasteiger partial charge in [0.15, 0.2) is 0 Å². The van der Waals surface area contributed by atoms with Crippen LogP contribution < -0.4 is 5.73 Å². The first-order valence-corrected chi connectivity index (χ1v) is 5.12. The number of carbonyl (C=O) groups excluding carboxylic acids is 1. The van der Waals surface area contributed by atoms with E-state index in [1.54, 1.807) is 12.1 Å². The number of benzene rings is 2. The molecular weight excluding hydrogens is 198 g/mol. The van der Waals surface area contributed by atoms with Crippen molar-refractivity contribution in [2.24, 2.45) is 0 Å². The largest absolute Gasteiger partial charge is 0.399 e. The maximum absolute atomic E-state index is 10.5. The smallest absolute Gasteiger partial charge is 0.150 e. The SMILES string of the molecule is Cc1cc(N)cc(-c2ccc(C=O)cc2)c1. The van der Waals surface area contributed by atoms with Crippen LogP contribution in [-0.2, 0) is 0 Å². The van der Waals surface area contributed by atoms with Crippen molar-refractivity contribution in [3.8, 4) is 11.1 Å². The van der Waals surface area contributed by atoms with E-state index >= 15 is 0 Å². The number of rotatable bonds is 2. The van der Waals surface area contributed by atoms with Gasteiger partial charge >= 0.3 is 0 Å². The number of carbonyl (C=O) groups is 1. The highest BCUT2D eigenvalue weighted by molar-refractivity contribution is 5.77. The molecule has 0 amide bonds. The van der Waals surface area contributed by atoms with E-state index in [1.165, 1.54) is 0 Å². The molecule has 2 aromatic carbocycles. The van der Waals surface area contributed by atoms with Crippen LogP contribution in [0.15, 0.2) is 42.5 Å². The van der Waals surface area contributed by atoms with Gasteiger partial charge in [-0.05, 0) is 35.7 Å². The summed E-state index contributed by atoms with van der Waals surface area (Å²) < 4.78 is 0. The first-order chi connectivity index (χ1) is 7.69. The molecule has 0 aliphatic rings. The molecule has 80 valence electrons. The van der Waals surface area contributed by atoms with Crippen LogP contribution in [0.1, 0.15) is 15.9 Å². The van der Waals surface area contributed by atoms with Crippen molar-refractivity contribution in [3.63, 3.8) is 0 Å². The molecule has 2 N–H and O–H groups in total. The second-order valence-corrected chi connectivity index (χ2v) is 3.87. The van der Waals surface area contributed by atoms with E-state index in [9.17, 15) is 4.79 Å². The summed E-state index contributed by atoms with van der Waals surface area (Å²) in [6.45, 7) is 2.01. The van der Waals surface area contributed by atoms with Crippen LogP contribution in [0.25, 0.3) is 11.1 Å². The van der Waals surface area contributed by atoms with Gasteiger partial charge in [0.1, 0.15) is 6.29 Å². The summed E-state index contributed by atoms with van der Waals surface area (Å²) in [5.74, 6) is 0. The summed E-state index contributed by atoms with van der Waals surface area (Å²) in [7, 11) is 0. The summed E-state index contributed by atoms with van der Waals surface area (Å²) >= 11 is 0. The van der Waals surface area contributed by atoms with E-state index in [1.807, 2.05) is 31.2 Å². The summed E-state index contributed by atoms with van der Waals surface area (Å²) in [6, 6.07) is 13.4. The summed E-state index contributed by atoms with van der Waals surface area (Å²) in [5.41, 5.74) is 10.5. The number of anilines is 1. The lowest BCUT2D eigenvalue weighted by Crippen LogP contribution is -1.88. The van der Waals surface area contributed by atoms with Crippen molar-refractivity contribution in [1.82, 2.24) is 0 Å². The first-order valence-electron chi connectivity index (χ1n) is 5.12. The van der Waals surface area contributed by atoms with Gasteiger partial charge in [-0.15, -0.1) is 0 Å². The predicted molar refractivity (Wildman–Crippen MR) is 66.4 cm³/mol. The molecule has 2 aromatic rings. The van der Waals surface area contributed by atoms with Crippen LogP contribution in [0.2, 0.25) is 0 Å². The molecule has 0 heterocycles. The highest BCUT2D eigenvalue weighted by Gasteiger charge is 2.00. The van der Waals surface area contributed by atoms with Gasteiger partial charge in [0, 0.05) is 11.3 Å². The topological polar surface area (TPSA) is 43.1 Å². The molecule has 0 bridgehead atoms. The molecule has 0 atom stereocenters. The van der Waals surface area contributed by atoms with Crippen LogP contribution in [0.4, 0.5) is 5.69 Å². The highest BCUT2D eigenvalue weighted by Crippen LogP contribution is 2.23. The Morgan fingerprint density at radius 2 is 1.69 bits per heavy atom. The zero-order valence-electron chi connectivity index (χ0n) is 9.10. The summed E-state index contributed by atoms with van der Waals surface area (Å²) in [5, 5.41) is 0. The quantitative estimate of drug-likeness (QED) is 0.612. The van der Waals surface area contributed by atoms with E-state index < -0.39 is 0 Å². The normalized spacial score (nSPS) is 10.1. The highest BCUT2D eigenvalue weighted by atomic mass is 16.1. The maximum atomic E-state index is 10.5.